The van der Waals surface area contributed by atoms with Crippen molar-refractivity contribution >= 4 is 0 Å². The molecule has 0 aliphatic heterocycles. The summed E-state index contributed by atoms with van der Waals surface area (Å²) in [4.78, 5) is 0. The van der Waals surface area contributed by atoms with Gasteiger partial charge >= 0.3 is 0 Å². The van der Waals surface area contributed by atoms with Crippen LogP contribution in [0.3, 0.4) is 0 Å². The molecular weight excluding hydrogens is 256 g/mol. The summed E-state index contributed by atoms with van der Waals surface area (Å²) in [6, 6.07) is 23.7. The van der Waals surface area contributed by atoms with Crippen LogP contribution in [0.25, 0.3) is 0 Å². The van der Waals surface area contributed by atoms with Crippen molar-refractivity contribution in [3.63, 3.8) is 0 Å². The van der Waals surface area contributed by atoms with Crippen molar-refractivity contribution in [2.75, 3.05) is 0 Å². The molecule has 1 N–H and O–H groups in total. The van der Waals surface area contributed by atoms with E-state index in [4.69, 9.17) is 0 Å². The molecule has 2 aromatic carbocycles. The van der Waals surface area contributed by atoms with Gasteiger partial charge in [0.1, 0.15) is 5.54 Å². The molecule has 21 heavy (non-hydrogen) atoms. The van der Waals surface area contributed by atoms with Crippen LogP contribution >= 0.6 is 0 Å². The molecule has 0 saturated heterocycles. The summed E-state index contributed by atoms with van der Waals surface area (Å²) in [6.07, 6.45) is 3.87. The first kappa shape index (κ1) is 13.9. The van der Waals surface area contributed by atoms with Gasteiger partial charge < -0.3 is 0 Å². The highest BCUT2D eigenvalue weighted by molar-refractivity contribution is 5.28. The van der Waals surface area contributed by atoms with Crippen LogP contribution in [-0.4, -0.2) is 11.6 Å². The number of hydrogen-bond donors (Lipinski definition) is 1. The molecule has 0 unspecified atom stereocenters. The number of hydrogen-bond acceptors (Lipinski definition) is 2. The minimum atomic E-state index is -0.510. The summed E-state index contributed by atoms with van der Waals surface area (Å²) in [5.74, 6) is 0. The van der Waals surface area contributed by atoms with E-state index in [0.29, 0.717) is 6.04 Å². The quantitative estimate of drug-likeness (QED) is 0.876. The highest BCUT2D eigenvalue weighted by atomic mass is 15.0. The van der Waals surface area contributed by atoms with Gasteiger partial charge in [0.25, 0.3) is 0 Å². The first-order valence-electron chi connectivity index (χ1n) is 7.56. The first-order valence-corrected chi connectivity index (χ1v) is 7.56. The number of nitrogens with one attached hydrogen (secondary N) is 1. The molecule has 2 heteroatoms. The molecule has 0 atom stereocenters. The maximum Gasteiger partial charge on any atom is 0.115 e. The second kappa shape index (κ2) is 6.11. The van der Waals surface area contributed by atoms with Crippen LogP contribution in [-0.2, 0) is 12.8 Å². The van der Waals surface area contributed by atoms with E-state index in [1.807, 2.05) is 36.4 Å². The molecule has 2 nitrogen and oxygen atoms in total. The standard InChI is InChI=1S/C19H20N2/c20-15-19(21-18-11-12-18,13-16-7-3-1-4-8-16)14-17-9-5-2-6-10-17/h1-10,18,21H,11-14H2. The Bertz CT molecular complexity index is 568. The lowest BCUT2D eigenvalue weighted by Gasteiger charge is -2.28. The topological polar surface area (TPSA) is 35.8 Å². The predicted molar refractivity (Wildman–Crippen MR) is 84.8 cm³/mol. The van der Waals surface area contributed by atoms with Gasteiger partial charge in [-0.25, -0.2) is 0 Å². The van der Waals surface area contributed by atoms with Crippen molar-refractivity contribution in [2.45, 2.75) is 37.3 Å². The van der Waals surface area contributed by atoms with Gasteiger partial charge in [-0.3, -0.25) is 5.32 Å². The molecule has 0 aromatic heterocycles. The van der Waals surface area contributed by atoms with Gasteiger partial charge in [0.15, 0.2) is 0 Å². The lowest BCUT2D eigenvalue weighted by Crippen LogP contribution is -2.49. The van der Waals surface area contributed by atoms with Gasteiger partial charge in [-0.2, -0.15) is 5.26 Å². The summed E-state index contributed by atoms with van der Waals surface area (Å²) < 4.78 is 0. The third-order valence-corrected chi connectivity index (χ3v) is 3.97. The Morgan fingerprint density at radius 1 is 0.905 bits per heavy atom. The molecular formula is C19H20N2. The third kappa shape index (κ3) is 3.71. The van der Waals surface area contributed by atoms with Crippen molar-refractivity contribution < 1.29 is 0 Å². The van der Waals surface area contributed by atoms with Crippen LogP contribution in [0.4, 0.5) is 0 Å². The van der Waals surface area contributed by atoms with Crippen LogP contribution in [0.5, 0.6) is 0 Å². The fraction of sp³-hybridized carbons (Fsp3) is 0.316. The molecule has 0 spiro atoms. The summed E-state index contributed by atoms with van der Waals surface area (Å²) in [5.41, 5.74) is 1.91. The van der Waals surface area contributed by atoms with Crippen molar-refractivity contribution in [3.8, 4) is 6.07 Å². The van der Waals surface area contributed by atoms with Crippen molar-refractivity contribution in [3.05, 3.63) is 71.8 Å². The number of nitriles is 1. The Labute approximate surface area is 126 Å². The van der Waals surface area contributed by atoms with Crippen LogP contribution in [0, 0.1) is 11.3 Å². The zero-order valence-corrected chi connectivity index (χ0v) is 12.1. The lowest BCUT2D eigenvalue weighted by atomic mass is 9.85. The van der Waals surface area contributed by atoms with E-state index in [0.717, 1.165) is 12.8 Å². The monoisotopic (exact) mass is 276 g/mol. The zero-order valence-electron chi connectivity index (χ0n) is 12.1. The average Bonchev–Trinajstić information content (AvgIpc) is 3.33. The SMILES string of the molecule is N#CC(Cc1ccccc1)(Cc1ccccc1)NC1CC1. The largest absolute Gasteiger partial charge is 0.296 e. The molecule has 2 aromatic rings. The molecule has 1 aliphatic rings. The van der Waals surface area contributed by atoms with Crippen LogP contribution in [0.2, 0.25) is 0 Å². The van der Waals surface area contributed by atoms with Gasteiger partial charge in [0.05, 0.1) is 6.07 Å². The minimum absolute atomic E-state index is 0.510. The maximum atomic E-state index is 9.86. The van der Waals surface area contributed by atoms with Gasteiger partial charge in [-0.1, -0.05) is 60.7 Å². The molecule has 3 rings (SSSR count). The zero-order chi connectivity index (χ0) is 14.5. The molecule has 0 bridgehead atoms. The highest BCUT2D eigenvalue weighted by Crippen LogP contribution is 2.27. The summed E-state index contributed by atoms with van der Waals surface area (Å²) in [5, 5.41) is 13.5. The molecule has 1 saturated carbocycles. The fourth-order valence-electron chi connectivity index (χ4n) is 2.78. The molecule has 0 amide bonds. The molecule has 106 valence electrons. The van der Waals surface area contributed by atoms with Gasteiger partial charge in [-0.15, -0.1) is 0 Å². The lowest BCUT2D eigenvalue weighted by molar-refractivity contribution is 0.402. The molecule has 1 aliphatic carbocycles. The maximum absolute atomic E-state index is 9.86. The Morgan fingerprint density at radius 3 is 1.76 bits per heavy atom. The molecule has 0 radical (unpaired) electrons. The molecule has 0 heterocycles. The minimum Gasteiger partial charge on any atom is -0.296 e. The Balaban J connectivity index is 1.84. The molecule has 1 fully saturated rings. The van der Waals surface area contributed by atoms with Crippen LogP contribution in [0.1, 0.15) is 24.0 Å². The van der Waals surface area contributed by atoms with E-state index < -0.39 is 5.54 Å². The Hall–Kier alpha value is -2.11. The first-order chi connectivity index (χ1) is 10.3. The normalized spacial score (nSPS) is 14.6. The van der Waals surface area contributed by atoms with Gasteiger partial charge in [0.2, 0.25) is 0 Å². The van der Waals surface area contributed by atoms with E-state index in [2.05, 4.69) is 35.7 Å². The summed E-state index contributed by atoms with van der Waals surface area (Å²) >= 11 is 0. The summed E-state index contributed by atoms with van der Waals surface area (Å²) in [7, 11) is 0. The number of benzene rings is 2. The van der Waals surface area contributed by atoms with Crippen LogP contribution in [0.15, 0.2) is 60.7 Å². The fourth-order valence-corrected chi connectivity index (χ4v) is 2.78. The van der Waals surface area contributed by atoms with Gasteiger partial charge in [-0.05, 0) is 24.0 Å². The van der Waals surface area contributed by atoms with E-state index in [1.54, 1.807) is 0 Å². The summed E-state index contributed by atoms with van der Waals surface area (Å²) in [6.45, 7) is 0. The second-order valence-electron chi connectivity index (χ2n) is 5.94. The van der Waals surface area contributed by atoms with Crippen molar-refractivity contribution in [1.82, 2.24) is 5.32 Å². The van der Waals surface area contributed by atoms with E-state index in [9.17, 15) is 5.26 Å². The van der Waals surface area contributed by atoms with E-state index in [1.165, 1.54) is 24.0 Å². The predicted octanol–water partition coefficient (Wildman–Crippen LogP) is 3.49. The average molecular weight is 276 g/mol. The second-order valence-corrected chi connectivity index (χ2v) is 5.94. The van der Waals surface area contributed by atoms with Crippen molar-refractivity contribution in [2.24, 2.45) is 0 Å². The number of nitrogens with zero attached hydrogens (tertiary/aromatic N) is 1. The number of rotatable bonds is 6. The van der Waals surface area contributed by atoms with Crippen molar-refractivity contribution in [1.29, 1.82) is 5.26 Å². The van der Waals surface area contributed by atoms with E-state index >= 15 is 0 Å². The Morgan fingerprint density at radius 2 is 1.38 bits per heavy atom. The van der Waals surface area contributed by atoms with Crippen LogP contribution < -0.4 is 5.32 Å². The third-order valence-electron chi connectivity index (χ3n) is 3.97. The van der Waals surface area contributed by atoms with E-state index in [-0.39, 0.29) is 0 Å². The Kier molecular flexibility index (Phi) is 4.03. The highest BCUT2D eigenvalue weighted by Gasteiger charge is 2.36. The smallest absolute Gasteiger partial charge is 0.115 e. The van der Waals surface area contributed by atoms with Gasteiger partial charge in [0, 0.05) is 18.9 Å².